The lowest BCUT2D eigenvalue weighted by Gasteiger charge is -2.26. The smallest absolute Gasteiger partial charge is 0.245 e. The van der Waals surface area contributed by atoms with Gasteiger partial charge in [-0.1, -0.05) is 12.5 Å². The van der Waals surface area contributed by atoms with Crippen LogP contribution in [0.1, 0.15) is 24.1 Å². The topological polar surface area (TPSA) is 59.0 Å². The molecule has 3 rings (SSSR count). The molecule has 0 saturated carbocycles. The molecule has 0 N–H and O–H groups in total. The van der Waals surface area contributed by atoms with E-state index in [0.29, 0.717) is 24.5 Å². The minimum absolute atomic E-state index is 0.205. The number of thiophene rings is 1. The van der Waals surface area contributed by atoms with E-state index in [-0.39, 0.29) is 4.90 Å². The first-order valence-corrected chi connectivity index (χ1v) is 10.2. The van der Waals surface area contributed by atoms with Gasteiger partial charge in [-0.2, -0.15) is 4.31 Å². The van der Waals surface area contributed by atoms with Gasteiger partial charge in [0.25, 0.3) is 0 Å². The third kappa shape index (κ3) is 3.68. The second-order valence-electron chi connectivity index (χ2n) is 5.57. The molecule has 1 aliphatic rings. The van der Waals surface area contributed by atoms with Crippen LogP contribution in [0.15, 0.2) is 45.6 Å². The molecule has 5 nitrogen and oxygen atoms in total. The molecule has 0 unspecified atom stereocenters. The van der Waals surface area contributed by atoms with Crippen LogP contribution in [-0.4, -0.2) is 39.1 Å². The molecule has 1 aliphatic heterocycles. The quantitative estimate of drug-likeness (QED) is 0.761. The fourth-order valence-corrected chi connectivity index (χ4v) is 4.93. The molecule has 0 amide bonds. The number of hydrogen-bond donors (Lipinski definition) is 0. The first-order chi connectivity index (χ1) is 11.6. The number of nitrogens with zero attached hydrogens (tertiary/aromatic N) is 2. The molecule has 1 saturated heterocycles. The van der Waals surface area contributed by atoms with Crippen LogP contribution in [0.2, 0.25) is 0 Å². The number of sulfonamides is 1. The highest BCUT2D eigenvalue weighted by Crippen LogP contribution is 2.32. The van der Waals surface area contributed by atoms with Crippen LogP contribution in [0.25, 0.3) is 0 Å². The molecule has 1 aromatic heterocycles. The van der Waals surface area contributed by atoms with Crippen molar-refractivity contribution in [1.29, 1.82) is 0 Å². The largest absolute Gasteiger partial charge is 0.497 e. The molecule has 2 aromatic rings. The maximum absolute atomic E-state index is 13.0. The van der Waals surface area contributed by atoms with Crippen molar-refractivity contribution in [2.45, 2.75) is 24.2 Å². The number of hydrogen-bond acceptors (Lipinski definition) is 5. The third-order valence-electron chi connectivity index (χ3n) is 3.97. The maximum atomic E-state index is 13.0. The number of aliphatic imine (C=N–C) groups is 1. The number of benzene rings is 1. The molecule has 24 heavy (non-hydrogen) atoms. The Morgan fingerprint density at radius 2 is 2.00 bits per heavy atom. The Morgan fingerprint density at radius 1 is 1.21 bits per heavy atom. The summed E-state index contributed by atoms with van der Waals surface area (Å²) in [6, 6.07) is 8.86. The lowest BCUT2D eigenvalue weighted by Crippen LogP contribution is -2.35. The fraction of sp³-hybridized carbons (Fsp3) is 0.353. The van der Waals surface area contributed by atoms with Crippen LogP contribution in [-0.2, 0) is 10.0 Å². The molecule has 0 atom stereocenters. The van der Waals surface area contributed by atoms with E-state index >= 15 is 0 Å². The summed E-state index contributed by atoms with van der Waals surface area (Å²) in [7, 11) is -2.04. The minimum Gasteiger partial charge on any atom is -0.497 e. The summed E-state index contributed by atoms with van der Waals surface area (Å²) in [5, 5.41) is 1.96. The van der Waals surface area contributed by atoms with Gasteiger partial charge in [0.1, 0.15) is 10.6 Å². The van der Waals surface area contributed by atoms with Gasteiger partial charge in [-0.15, -0.1) is 11.3 Å². The van der Waals surface area contributed by atoms with Crippen molar-refractivity contribution in [3.05, 3.63) is 40.6 Å². The van der Waals surface area contributed by atoms with E-state index in [0.717, 1.165) is 24.1 Å². The van der Waals surface area contributed by atoms with Crippen LogP contribution >= 0.6 is 11.3 Å². The van der Waals surface area contributed by atoms with Gasteiger partial charge < -0.3 is 4.74 Å². The van der Waals surface area contributed by atoms with E-state index in [4.69, 9.17) is 4.74 Å². The Bertz CT molecular complexity index is 808. The summed E-state index contributed by atoms with van der Waals surface area (Å²) >= 11 is 1.56. The SMILES string of the molecule is COc1ccc(N=Cc2cccs2)c(S(=O)(=O)N2CCCCC2)c1. The van der Waals surface area contributed by atoms with Gasteiger partial charge in [-0.25, -0.2) is 8.42 Å². The average molecular weight is 364 g/mol. The first kappa shape index (κ1) is 17.1. The summed E-state index contributed by atoms with van der Waals surface area (Å²) in [5.41, 5.74) is 0.440. The second kappa shape index (κ2) is 7.46. The fourth-order valence-electron chi connectivity index (χ4n) is 2.68. The van der Waals surface area contributed by atoms with Crippen molar-refractivity contribution in [1.82, 2.24) is 4.31 Å². The van der Waals surface area contributed by atoms with Gasteiger partial charge in [0.2, 0.25) is 10.0 Å². The highest BCUT2D eigenvalue weighted by atomic mass is 32.2. The predicted molar refractivity (Wildman–Crippen MR) is 97.2 cm³/mol. The number of ether oxygens (including phenoxy) is 1. The standard InChI is InChI=1S/C17H20N2O3S2/c1-22-14-7-8-16(18-13-15-6-5-11-23-15)17(12-14)24(20,21)19-9-3-2-4-10-19/h5-8,11-13H,2-4,9-10H2,1H3. The molecule has 0 bridgehead atoms. The van der Waals surface area contributed by atoms with E-state index in [1.807, 2.05) is 17.5 Å². The highest BCUT2D eigenvalue weighted by Gasteiger charge is 2.28. The molecular weight excluding hydrogens is 344 g/mol. The highest BCUT2D eigenvalue weighted by molar-refractivity contribution is 7.89. The van der Waals surface area contributed by atoms with Gasteiger partial charge in [0.15, 0.2) is 0 Å². The molecule has 0 spiro atoms. The lowest BCUT2D eigenvalue weighted by atomic mass is 10.2. The molecule has 0 radical (unpaired) electrons. The van der Waals surface area contributed by atoms with Crippen LogP contribution < -0.4 is 4.74 Å². The Kier molecular flexibility index (Phi) is 5.33. The predicted octanol–water partition coefficient (Wildman–Crippen LogP) is 3.68. The third-order valence-corrected chi connectivity index (χ3v) is 6.71. The van der Waals surface area contributed by atoms with Crippen LogP contribution in [0, 0.1) is 0 Å². The van der Waals surface area contributed by atoms with Gasteiger partial charge in [0, 0.05) is 30.2 Å². The van der Waals surface area contributed by atoms with Gasteiger partial charge in [0.05, 0.1) is 12.8 Å². The van der Waals surface area contributed by atoms with Crippen LogP contribution in [0.4, 0.5) is 5.69 Å². The van der Waals surface area contributed by atoms with Crippen molar-refractivity contribution in [3.8, 4) is 5.75 Å². The Labute approximate surface area is 146 Å². The first-order valence-electron chi connectivity index (χ1n) is 7.87. The molecule has 1 fully saturated rings. The lowest BCUT2D eigenvalue weighted by molar-refractivity contribution is 0.346. The zero-order chi connectivity index (χ0) is 17.0. The van der Waals surface area contributed by atoms with Crippen LogP contribution in [0.3, 0.4) is 0 Å². The summed E-state index contributed by atoms with van der Waals surface area (Å²) in [5.74, 6) is 0.514. The summed E-state index contributed by atoms with van der Waals surface area (Å²) in [6.45, 7) is 1.13. The number of rotatable bonds is 5. The van der Waals surface area contributed by atoms with Gasteiger partial charge in [-0.3, -0.25) is 4.99 Å². The molecule has 7 heteroatoms. The monoisotopic (exact) mass is 364 g/mol. The zero-order valence-electron chi connectivity index (χ0n) is 13.5. The van der Waals surface area contributed by atoms with Crippen molar-refractivity contribution in [2.75, 3.05) is 20.2 Å². The molecule has 128 valence electrons. The Morgan fingerprint density at radius 3 is 2.67 bits per heavy atom. The van der Waals surface area contributed by atoms with Crippen LogP contribution in [0.5, 0.6) is 5.75 Å². The Hall–Kier alpha value is -1.70. The van der Waals surface area contributed by atoms with E-state index in [1.54, 1.807) is 40.1 Å². The number of methoxy groups -OCH3 is 1. The molecule has 1 aromatic carbocycles. The van der Waals surface area contributed by atoms with Crippen molar-refractivity contribution in [3.63, 3.8) is 0 Å². The van der Waals surface area contributed by atoms with E-state index in [2.05, 4.69) is 4.99 Å². The Balaban J connectivity index is 2.00. The average Bonchev–Trinajstić information content (AvgIpc) is 3.14. The van der Waals surface area contributed by atoms with Crippen molar-refractivity contribution < 1.29 is 13.2 Å². The number of piperidine rings is 1. The maximum Gasteiger partial charge on any atom is 0.245 e. The summed E-state index contributed by atoms with van der Waals surface area (Å²) < 4.78 is 32.8. The summed E-state index contributed by atoms with van der Waals surface area (Å²) in [6.07, 6.45) is 4.57. The van der Waals surface area contributed by atoms with Crippen molar-refractivity contribution in [2.24, 2.45) is 4.99 Å². The normalized spacial score (nSPS) is 16.5. The van der Waals surface area contributed by atoms with E-state index < -0.39 is 10.0 Å². The molecule has 0 aliphatic carbocycles. The van der Waals surface area contributed by atoms with Gasteiger partial charge >= 0.3 is 0 Å². The summed E-state index contributed by atoms with van der Waals surface area (Å²) in [4.78, 5) is 5.59. The molecule has 2 heterocycles. The van der Waals surface area contributed by atoms with Gasteiger partial charge in [-0.05, 0) is 36.4 Å². The van der Waals surface area contributed by atoms with Crippen molar-refractivity contribution >= 4 is 33.3 Å². The molecular formula is C17H20N2O3S2. The van der Waals surface area contributed by atoms with E-state index in [1.165, 1.54) is 7.11 Å². The second-order valence-corrected chi connectivity index (χ2v) is 8.46. The zero-order valence-corrected chi connectivity index (χ0v) is 15.1. The minimum atomic E-state index is -3.57. The van der Waals surface area contributed by atoms with E-state index in [9.17, 15) is 8.42 Å².